The van der Waals surface area contributed by atoms with Gasteiger partial charge in [-0.2, -0.15) is 0 Å². The van der Waals surface area contributed by atoms with E-state index < -0.39 is 5.54 Å². The van der Waals surface area contributed by atoms with Gasteiger partial charge in [0.25, 0.3) is 5.91 Å². The third kappa shape index (κ3) is 7.74. The van der Waals surface area contributed by atoms with Crippen molar-refractivity contribution in [2.45, 2.75) is 85.1 Å². The molecule has 1 N–H and O–H groups in total. The molecule has 2 bridgehead atoms. The number of nitrogens with one attached hydrogen (secondary N) is 1. The minimum Gasteiger partial charge on any atom is -0.497 e. The molecular weight excluding hydrogens is 550 g/mol. The van der Waals surface area contributed by atoms with E-state index in [1.807, 2.05) is 62.4 Å². The predicted octanol–water partition coefficient (Wildman–Crippen LogP) is 8.57. The van der Waals surface area contributed by atoms with Crippen LogP contribution < -0.4 is 10.2 Å². The average molecular weight is 600 g/mol. The SMILES string of the molecule is CCC.CCCC(C)(C)c1ccc(C(=O)NC(C)(C)c2nc3ccccc3o2)cc1N1CCOC2=CC(OC)=CC=C(C2)C1. The lowest BCUT2D eigenvalue weighted by Crippen LogP contribution is -2.41. The van der Waals surface area contributed by atoms with Gasteiger partial charge in [0.15, 0.2) is 5.58 Å². The second-order valence-electron chi connectivity index (χ2n) is 12.8. The summed E-state index contributed by atoms with van der Waals surface area (Å²) < 4.78 is 17.7. The van der Waals surface area contributed by atoms with E-state index in [-0.39, 0.29) is 11.3 Å². The van der Waals surface area contributed by atoms with E-state index in [0.29, 0.717) is 30.2 Å². The number of para-hydroxylation sites is 2. The standard InChI is InChI=1S/C34H41N3O4.C3H8/c1-7-16-33(2,3)27-15-13-24(31(38)36-34(4,5)32-35-28-10-8-9-11-30(28)41-32)20-29(27)37-17-18-40-26-19-23(22-37)12-14-25(21-26)39-6;1-3-2/h8-15,20-21H,7,16-19,22H2,1-6H3,(H,36,38);3H2,1-2H3. The van der Waals surface area contributed by atoms with Crippen molar-refractivity contribution in [1.29, 1.82) is 0 Å². The topological polar surface area (TPSA) is 76.8 Å². The van der Waals surface area contributed by atoms with Crippen molar-refractivity contribution in [2.75, 3.05) is 31.7 Å². The van der Waals surface area contributed by atoms with Gasteiger partial charge in [-0.1, -0.05) is 71.7 Å². The molecule has 5 rings (SSSR count). The molecule has 1 amide bonds. The molecule has 1 aliphatic carbocycles. The third-order valence-corrected chi connectivity index (χ3v) is 7.93. The predicted molar refractivity (Wildman–Crippen MR) is 179 cm³/mol. The fourth-order valence-electron chi connectivity index (χ4n) is 5.70. The molecule has 1 aliphatic heterocycles. The second kappa shape index (κ2) is 14.2. The Hall–Kier alpha value is -4.00. The molecule has 44 heavy (non-hydrogen) atoms. The van der Waals surface area contributed by atoms with Gasteiger partial charge in [-0.25, -0.2) is 4.98 Å². The first kappa shape index (κ1) is 32.9. The number of methoxy groups -OCH3 is 1. The number of allylic oxidation sites excluding steroid dienone is 4. The molecule has 3 aromatic rings. The van der Waals surface area contributed by atoms with Crippen molar-refractivity contribution in [3.63, 3.8) is 0 Å². The summed E-state index contributed by atoms with van der Waals surface area (Å²) in [7, 11) is 1.68. The number of hydrogen-bond donors (Lipinski definition) is 1. The summed E-state index contributed by atoms with van der Waals surface area (Å²) in [5, 5.41) is 3.16. The molecule has 0 saturated carbocycles. The van der Waals surface area contributed by atoms with Crippen LogP contribution in [0, 0.1) is 0 Å². The van der Waals surface area contributed by atoms with Crippen LogP contribution in [-0.4, -0.2) is 37.7 Å². The molecule has 2 heterocycles. The smallest absolute Gasteiger partial charge is 0.252 e. The maximum atomic E-state index is 13.7. The van der Waals surface area contributed by atoms with Crippen LogP contribution in [0.15, 0.2) is 82.2 Å². The molecule has 7 nitrogen and oxygen atoms in total. The van der Waals surface area contributed by atoms with Crippen molar-refractivity contribution in [2.24, 2.45) is 0 Å². The molecule has 0 radical (unpaired) electrons. The average Bonchev–Trinajstić information content (AvgIpc) is 3.31. The Morgan fingerprint density at radius 1 is 1.07 bits per heavy atom. The third-order valence-electron chi connectivity index (χ3n) is 7.93. The number of carbonyl (C=O) groups excluding carboxylic acids is 1. The molecule has 1 aromatic heterocycles. The fourth-order valence-corrected chi connectivity index (χ4v) is 5.70. The molecule has 2 aliphatic rings. The van der Waals surface area contributed by atoms with E-state index in [9.17, 15) is 4.79 Å². The quantitative estimate of drug-likeness (QED) is 0.280. The Morgan fingerprint density at radius 3 is 2.52 bits per heavy atom. The summed E-state index contributed by atoms with van der Waals surface area (Å²) in [6.45, 7) is 16.8. The minimum atomic E-state index is -0.802. The van der Waals surface area contributed by atoms with E-state index in [1.54, 1.807) is 7.11 Å². The summed E-state index contributed by atoms with van der Waals surface area (Å²) in [6.07, 6.45) is 10.2. The molecule has 0 atom stereocenters. The Kier molecular flexibility index (Phi) is 10.6. The number of oxazole rings is 1. The highest BCUT2D eigenvalue weighted by molar-refractivity contribution is 5.96. The minimum absolute atomic E-state index is 0.0637. The Morgan fingerprint density at radius 2 is 1.82 bits per heavy atom. The fraction of sp³-hybridized carbons (Fsp3) is 0.459. The molecule has 2 aromatic carbocycles. The highest BCUT2D eigenvalue weighted by Gasteiger charge is 2.31. The number of amides is 1. The van der Waals surface area contributed by atoms with E-state index in [4.69, 9.17) is 13.9 Å². The van der Waals surface area contributed by atoms with Crippen molar-refractivity contribution in [3.05, 3.63) is 94.8 Å². The maximum Gasteiger partial charge on any atom is 0.252 e. The number of carbonyl (C=O) groups is 1. The van der Waals surface area contributed by atoms with Crippen molar-refractivity contribution in [3.8, 4) is 0 Å². The van der Waals surface area contributed by atoms with E-state index in [2.05, 4.69) is 62.0 Å². The highest BCUT2D eigenvalue weighted by Crippen LogP contribution is 2.38. The summed E-state index contributed by atoms with van der Waals surface area (Å²) >= 11 is 0. The lowest BCUT2D eigenvalue weighted by atomic mass is 9.79. The molecule has 0 spiro atoms. The Balaban J connectivity index is 0.00000141. The van der Waals surface area contributed by atoms with Crippen LogP contribution in [0.2, 0.25) is 0 Å². The zero-order valence-corrected chi connectivity index (χ0v) is 27.8. The van der Waals surface area contributed by atoms with Crippen molar-refractivity contribution >= 4 is 22.7 Å². The lowest BCUT2D eigenvalue weighted by molar-refractivity contribution is 0.0899. The number of rotatable bonds is 8. The number of ether oxygens (including phenoxy) is 2. The number of fused-ring (bicyclic) bond motifs is 3. The Bertz CT molecular complexity index is 1510. The van der Waals surface area contributed by atoms with Gasteiger partial charge in [-0.15, -0.1) is 0 Å². The first-order valence-corrected chi connectivity index (χ1v) is 15.9. The summed E-state index contributed by atoms with van der Waals surface area (Å²) in [5.74, 6) is 2.01. The largest absolute Gasteiger partial charge is 0.497 e. The van der Waals surface area contributed by atoms with E-state index in [1.165, 1.54) is 17.6 Å². The maximum absolute atomic E-state index is 13.7. The normalized spacial score (nSPS) is 15.4. The number of benzene rings is 2. The molecule has 7 heteroatoms. The van der Waals surface area contributed by atoms with Crippen LogP contribution in [0.4, 0.5) is 5.69 Å². The van der Waals surface area contributed by atoms with Gasteiger partial charge < -0.3 is 24.1 Å². The van der Waals surface area contributed by atoms with Crippen LogP contribution in [0.1, 0.15) is 96.0 Å². The Labute approximate surface area is 263 Å². The first-order valence-electron chi connectivity index (χ1n) is 15.9. The molecule has 1 saturated heterocycles. The summed E-state index contributed by atoms with van der Waals surface area (Å²) in [5.41, 5.74) is 4.73. The van der Waals surface area contributed by atoms with Gasteiger partial charge in [0, 0.05) is 30.3 Å². The van der Waals surface area contributed by atoms with E-state index >= 15 is 0 Å². The highest BCUT2D eigenvalue weighted by atomic mass is 16.5. The van der Waals surface area contributed by atoms with Crippen LogP contribution >= 0.6 is 0 Å². The van der Waals surface area contributed by atoms with Gasteiger partial charge >= 0.3 is 0 Å². The van der Waals surface area contributed by atoms with Gasteiger partial charge in [0.1, 0.15) is 29.2 Å². The van der Waals surface area contributed by atoms with Crippen LogP contribution in [0.5, 0.6) is 0 Å². The molecule has 1 fully saturated rings. The van der Waals surface area contributed by atoms with Gasteiger partial charge in [0.2, 0.25) is 5.89 Å². The first-order chi connectivity index (χ1) is 21.0. The van der Waals surface area contributed by atoms with Gasteiger partial charge in [0.05, 0.1) is 13.7 Å². The molecule has 0 unspecified atom stereocenters. The van der Waals surface area contributed by atoms with Gasteiger partial charge in [-0.05, 0) is 67.2 Å². The molecular formula is C37H49N3O4. The second-order valence-corrected chi connectivity index (χ2v) is 12.8. The van der Waals surface area contributed by atoms with Gasteiger partial charge in [-0.3, -0.25) is 4.79 Å². The summed E-state index contributed by atoms with van der Waals surface area (Å²) in [4.78, 5) is 20.7. The summed E-state index contributed by atoms with van der Waals surface area (Å²) in [6, 6.07) is 13.7. The van der Waals surface area contributed by atoms with Crippen LogP contribution in [-0.2, 0) is 20.4 Å². The van der Waals surface area contributed by atoms with E-state index in [0.717, 1.165) is 48.5 Å². The van der Waals surface area contributed by atoms with Crippen LogP contribution in [0.25, 0.3) is 11.1 Å². The number of aromatic nitrogens is 1. The molecule has 236 valence electrons. The van der Waals surface area contributed by atoms with Crippen molar-refractivity contribution in [1.82, 2.24) is 10.3 Å². The number of nitrogens with zero attached hydrogens (tertiary/aromatic N) is 2. The number of anilines is 1. The lowest BCUT2D eigenvalue weighted by Gasteiger charge is -2.35. The zero-order chi connectivity index (χ0) is 31.9. The van der Waals surface area contributed by atoms with Crippen molar-refractivity contribution < 1.29 is 18.7 Å². The number of hydrogen-bond acceptors (Lipinski definition) is 6. The monoisotopic (exact) mass is 599 g/mol. The van der Waals surface area contributed by atoms with Crippen LogP contribution in [0.3, 0.4) is 0 Å². The zero-order valence-electron chi connectivity index (χ0n) is 27.8.